The van der Waals surface area contributed by atoms with Crippen LogP contribution in [0, 0.1) is 0 Å². The van der Waals surface area contributed by atoms with Crippen LogP contribution in [-0.2, 0) is 0 Å². The number of nitrogen functional groups attached to an aromatic ring is 1. The lowest BCUT2D eigenvalue weighted by Crippen LogP contribution is -2.02. The molecule has 0 aliphatic heterocycles. The minimum atomic E-state index is 0.390. The summed E-state index contributed by atoms with van der Waals surface area (Å²) in [7, 11) is 0. The van der Waals surface area contributed by atoms with Crippen LogP contribution >= 0.6 is 11.6 Å². The second-order valence-electron chi connectivity index (χ2n) is 4.09. The highest BCUT2D eigenvalue weighted by atomic mass is 35.5. The molecule has 0 atom stereocenters. The Labute approximate surface area is 115 Å². The summed E-state index contributed by atoms with van der Waals surface area (Å²) >= 11 is 5.88. The Morgan fingerprint density at radius 3 is 2.58 bits per heavy atom. The Hall–Kier alpha value is -2.33. The lowest BCUT2D eigenvalue weighted by atomic mass is 10.1. The fraction of sp³-hybridized carbons (Fsp3) is 0. The van der Waals surface area contributed by atoms with E-state index in [-0.39, 0.29) is 0 Å². The average Bonchev–Trinajstić information content (AvgIpc) is 2.92. The average molecular weight is 271 g/mol. The molecule has 0 radical (unpaired) electrons. The Bertz CT molecular complexity index is 706. The van der Waals surface area contributed by atoms with Gasteiger partial charge in [-0.2, -0.15) is 5.10 Å². The van der Waals surface area contributed by atoms with Gasteiger partial charge >= 0.3 is 0 Å². The third kappa shape index (κ3) is 2.30. The lowest BCUT2D eigenvalue weighted by molar-refractivity contribution is 0.850. The van der Waals surface area contributed by atoms with Crippen molar-refractivity contribution in [2.75, 3.05) is 5.73 Å². The van der Waals surface area contributed by atoms with Crippen molar-refractivity contribution >= 4 is 17.3 Å². The highest BCUT2D eigenvalue weighted by molar-refractivity contribution is 6.29. The maximum Gasteiger partial charge on any atom is 0.178 e. The quantitative estimate of drug-likeness (QED) is 0.728. The summed E-state index contributed by atoms with van der Waals surface area (Å²) in [6.07, 6.45) is 3.65. The first kappa shape index (κ1) is 11.7. The zero-order valence-corrected chi connectivity index (χ0v) is 10.7. The predicted molar refractivity (Wildman–Crippen MR) is 76.2 cm³/mol. The van der Waals surface area contributed by atoms with Gasteiger partial charge in [-0.15, -0.1) is 0 Å². The van der Waals surface area contributed by atoms with Gasteiger partial charge in [0.05, 0.1) is 11.9 Å². The molecule has 0 fully saturated rings. The number of hydrogen-bond donors (Lipinski definition) is 1. The van der Waals surface area contributed by atoms with Gasteiger partial charge in [-0.3, -0.25) is 0 Å². The molecule has 94 valence electrons. The molecule has 0 amide bonds. The smallest absolute Gasteiger partial charge is 0.178 e. The zero-order chi connectivity index (χ0) is 13.2. The summed E-state index contributed by atoms with van der Waals surface area (Å²) in [6, 6.07) is 13.4. The maximum atomic E-state index is 5.89. The van der Waals surface area contributed by atoms with Crippen LogP contribution in [0.3, 0.4) is 0 Å². The summed E-state index contributed by atoms with van der Waals surface area (Å²) < 4.78 is 1.63. The number of aromatic nitrogens is 3. The summed E-state index contributed by atoms with van der Waals surface area (Å²) in [5, 5.41) is 4.67. The number of benzene rings is 1. The van der Waals surface area contributed by atoms with Gasteiger partial charge in [0.15, 0.2) is 5.82 Å². The highest BCUT2D eigenvalue weighted by Crippen LogP contribution is 2.22. The second-order valence-corrected chi connectivity index (χ2v) is 4.47. The largest absolute Gasteiger partial charge is 0.396 e. The van der Waals surface area contributed by atoms with Crippen molar-refractivity contribution in [3.05, 3.63) is 60.0 Å². The molecule has 1 aromatic carbocycles. The van der Waals surface area contributed by atoms with E-state index in [1.165, 1.54) is 0 Å². The number of pyridine rings is 1. The van der Waals surface area contributed by atoms with Gasteiger partial charge in [0.2, 0.25) is 0 Å². The zero-order valence-electron chi connectivity index (χ0n) is 9.99. The van der Waals surface area contributed by atoms with E-state index < -0.39 is 0 Å². The first-order valence-electron chi connectivity index (χ1n) is 5.76. The van der Waals surface area contributed by atoms with Crippen molar-refractivity contribution in [3.8, 4) is 16.9 Å². The second kappa shape index (κ2) is 4.74. The van der Waals surface area contributed by atoms with Gasteiger partial charge in [-0.1, -0.05) is 41.9 Å². The Balaban J connectivity index is 2.04. The molecule has 0 bridgehead atoms. The number of halogens is 1. The van der Waals surface area contributed by atoms with E-state index >= 15 is 0 Å². The van der Waals surface area contributed by atoms with Crippen LogP contribution in [-0.4, -0.2) is 14.8 Å². The van der Waals surface area contributed by atoms with Gasteiger partial charge in [0, 0.05) is 11.8 Å². The van der Waals surface area contributed by atoms with Gasteiger partial charge in [-0.25, -0.2) is 9.67 Å². The molecule has 3 aromatic rings. The van der Waals surface area contributed by atoms with E-state index in [0.29, 0.717) is 16.7 Å². The summed E-state index contributed by atoms with van der Waals surface area (Å²) in [5.74, 6) is 0.537. The molecule has 2 N–H and O–H groups in total. The fourth-order valence-electron chi connectivity index (χ4n) is 1.84. The fourth-order valence-corrected chi connectivity index (χ4v) is 1.98. The van der Waals surface area contributed by atoms with Crippen LogP contribution in [0.1, 0.15) is 0 Å². The Morgan fingerprint density at radius 1 is 1.00 bits per heavy atom. The van der Waals surface area contributed by atoms with Crippen LogP contribution < -0.4 is 5.73 Å². The number of hydrogen-bond acceptors (Lipinski definition) is 3. The van der Waals surface area contributed by atoms with E-state index in [2.05, 4.69) is 10.1 Å². The molecule has 0 unspecified atom stereocenters. The Morgan fingerprint density at radius 2 is 1.79 bits per heavy atom. The third-order valence-electron chi connectivity index (χ3n) is 2.78. The molecule has 3 rings (SSSR count). The molecule has 2 heterocycles. The van der Waals surface area contributed by atoms with Crippen molar-refractivity contribution in [2.45, 2.75) is 0 Å². The third-order valence-corrected chi connectivity index (χ3v) is 2.99. The first-order chi connectivity index (χ1) is 9.24. The maximum absolute atomic E-state index is 5.89. The standard InChI is InChI=1S/C14H11ClN4/c15-13-7-6-12(16)14(18-13)19-9-11(8-17-19)10-4-2-1-3-5-10/h1-9H,16H2. The monoisotopic (exact) mass is 270 g/mol. The van der Waals surface area contributed by atoms with Gasteiger partial charge in [0.25, 0.3) is 0 Å². The normalized spacial score (nSPS) is 10.6. The molecule has 0 aliphatic rings. The van der Waals surface area contributed by atoms with Crippen LogP contribution in [0.4, 0.5) is 5.69 Å². The number of nitrogens with two attached hydrogens (primary N) is 1. The van der Waals surface area contributed by atoms with E-state index in [4.69, 9.17) is 17.3 Å². The summed E-state index contributed by atoms with van der Waals surface area (Å²) in [5.41, 5.74) is 8.52. The molecule has 0 saturated carbocycles. The number of rotatable bonds is 2. The molecule has 0 aliphatic carbocycles. The molecular formula is C14H11ClN4. The first-order valence-corrected chi connectivity index (χ1v) is 6.14. The molecule has 5 heteroatoms. The molecule has 2 aromatic heterocycles. The van der Waals surface area contributed by atoms with Crippen molar-refractivity contribution in [1.29, 1.82) is 0 Å². The van der Waals surface area contributed by atoms with E-state index in [1.807, 2.05) is 36.5 Å². The topological polar surface area (TPSA) is 56.7 Å². The Kier molecular flexibility index (Phi) is 2.93. The van der Waals surface area contributed by atoms with Crippen LogP contribution in [0.15, 0.2) is 54.9 Å². The SMILES string of the molecule is Nc1ccc(Cl)nc1-n1cc(-c2ccccc2)cn1. The number of nitrogens with zero attached hydrogens (tertiary/aromatic N) is 3. The van der Waals surface area contributed by atoms with Crippen molar-refractivity contribution in [1.82, 2.24) is 14.8 Å². The minimum Gasteiger partial charge on any atom is -0.396 e. The number of anilines is 1. The van der Waals surface area contributed by atoms with Gasteiger partial charge in [0.1, 0.15) is 5.15 Å². The highest BCUT2D eigenvalue weighted by Gasteiger charge is 2.07. The van der Waals surface area contributed by atoms with Crippen LogP contribution in [0.25, 0.3) is 16.9 Å². The molecular weight excluding hydrogens is 260 g/mol. The van der Waals surface area contributed by atoms with Gasteiger partial charge < -0.3 is 5.73 Å². The summed E-state index contributed by atoms with van der Waals surface area (Å²) in [6.45, 7) is 0. The lowest BCUT2D eigenvalue weighted by Gasteiger charge is -2.04. The van der Waals surface area contributed by atoms with Crippen molar-refractivity contribution in [3.63, 3.8) is 0 Å². The predicted octanol–water partition coefficient (Wildman–Crippen LogP) is 3.17. The van der Waals surface area contributed by atoms with Crippen molar-refractivity contribution < 1.29 is 0 Å². The van der Waals surface area contributed by atoms with E-state index in [1.54, 1.807) is 23.0 Å². The summed E-state index contributed by atoms with van der Waals surface area (Å²) in [4.78, 5) is 4.19. The molecule has 0 saturated heterocycles. The van der Waals surface area contributed by atoms with Gasteiger partial charge in [-0.05, 0) is 17.7 Å². The van der Waals surface area contributed by atoms with E-state index in [9.17, 15) is 0 Å². The minimum absolute atomic E-state index is 0.390. The van der Waals surface area contributed by atoms with E-state index in [0.717, 1.165) is 11.1 Å². The molecule has 19 heavy (non-hydrogen) atoms. The van der Waals surface area contributed by atoms with Crippen molar-refractivity contribution in [2.24, 2.45) is 0 Å². The van der Waals surface area contributed by atoms with Crippen LogP contribution in [0.2, 0.25) is 5.15 Å². The molecule has 4 nitrogen and oxygen atoms in total. The van der Waals surface area contributed by atoms with Crippen LogP contribution in [0.5, 0.6) is 0 Å². The molecule has 0 spiro atoms.